The van der Waals surface area contributed by atoms with E-state index in [1.807, 2.05) is 18.2 Å². The van der Waals surface area contributed by atoms with Crippen LogP contribution in [-0.2, 0) is 22.8 Å². The Kier molecular flexibility index (Phi) is 5.89. The van der Waals surface area contributed by atoms with Crippen LogP contribution >= 0.6 is 0 Å². The molecule has 0 aliphatic carbocycles. The summed E-state index contributed by atoms with van der Waals surface area (Å²) in [5.74, 6) is 0.825. The molecule has 0 saturated carbocycles. The Hall–Kier alpha value is -3.37. The van der Waals surface area contributed by atoms with Gasteiger partial charge in [0.15, 0.2) is 0 Å². The number of alkyl halides is 3. The Bertz CT molecular complexity index is 1380. The second-order valence-electron chi connectivity index (χ2n) is 7.54. The number of sulfonamides is 1. The fraction of sp³-hybridized carbons (Fsp3) is 0.174. The average Bonchev–Trinajstić information content (AvgIpc) is 3.19. The van der Waals surface area contributed by atoms with Crippen molar-refractivity contribution in [2.45, 2.75) is 17.7 Å². The van der Waals surface area contributed by atoms with Gasteiger partial charge in [-0.2, -0.15) is 13.2 Å². The van der Waals surface area contributed by atoms with Gasteiger partial charge in [0, 0.05) is 14.1 Å². The summed E-state index contributed by atoms with van der Waals surface area (Å²) in [5, 5.41) is 0. The van der Waals surface area contributed by atoms with Gasteiger partial charge in [0.2, 0.25) is 10.0 Å². The molecule has 0 atom stereocenters. The van der Waals surface area contributed by atoms with Crippen molar-refractivity contribution in [3.8, 4) is 16.9 Å². The van der Waals surface area contributed by atoms with Gasteiger partial charge in [-0.3, -0.25) is 0 Å². The molecule has 0 spiro atoms. The molecule has 6 nitrogen and oxygen atoms in total. The molecule has 3 aromatic carbocycles. The molecule has 0 aliphatic rings. The predicted octanol–water partition coefficient (Wildman–Crippen LogP) is 5.08. The lowest BCUT2D eigenvalue weighted by Gasteiger charge is -2.11. The van der Waals surface area contributed by atoms with Crippen LogP contribution in [-0.4, -0.2) is 36.8 Å². The highest BCUT2D eigenvalue weighted by atomic mass is 32.2. The Labute approximate surface area is 188 Å². The zero-order chi connectivity index (χ0) is 23.8. The van der Waals surface area contributed by atoms with Gasteiger partial charge >= 0.3 is 6.18 Å². The number of imidazole rings is 1. The van der Waals surface area contributed by atoms with E-state index in [2.05, 4.69) is 9.97 Å². The first-order chi connectivity index (χ1) is 15.5. The second-order valence-corrected chi connectivity index (χ2v) is 9.69. The first-order valence-electron chi connectivity index (χ1n) is 9.86. The lowest BCUT2D eigenvalue weighted by atomic mass is 10.1. The number of nitrogens with zero attached hydrogens (tertiary/aromatic N) is 2. The molecule has 172 valence electrons. The van der Waals surface area contributed by atoms with E-state index in [9.17, 15) is 21.6 Å². The van der Waals surface area contributed by atoms with E-state index < -0.39 is 21.8 Å². The Balaban J connectivity index is 1.49. The molecule has 1 aromatic heterocycles. The molecule has 0 aliphatic heterocycles. The van der Waals surface area contributed by atoms with Crippen molar-refractivity contribution in [2.75, 3.05) is 14.1 Å². The van der Waals surface area contributed by atoms with Gasteiger partial charge in [-0.25, -0.2) is 17.7 Å². The van der Waals surface area contributed by atoms with Gasteiger partial charge in [0.1, 0.15) is 18.2 Å². The zero-order valence-corrected chi connectivity index (χ0v) is 18.5. The summed E-state index contributed by atoms with van der Waals surface area (Å²) in [5.41, 5.74) is 2.43. The van der Waals surface area contributed by atoms with Crippen LogP contribution in [0, 0.1) is 0 Å². The minimum Gasteiger partial charge on any atom is -0.486 e. The maximum atomic E-state index is 12.7. The summed E-state index contributed by atoms with van der Waals surface area (Å²) in [6.45, 7) is 0.0620. The highest BCUT2D eigenvalue weighted by Crippen LogP contribution is 2.30. The van der Waals surface area contributed by atoms with Crippen LogP contribution in [0.1, 0.15) is 11.4 Å². The van der Waals surface area contributed by atoms with Gasteiger partial charge in [0.05, 0.1) is 21.5 Å². The van der Waals surface area contributed by atoms with Gasteiger partial charge in [-0.15, -0.1) is 0 Å². The molecule has 0 saturated heterocycles. The molecular weight excluding hydrogens is 455 g/mol. The molecule has 1 heterocycles. The number of aromatic nitrogens is 2. The van der Waals surface area contributed by atoms with Crippen molar-refractivity contribution >= 4 is 21.1 Å². The Morgan fingerprint density at radius 2 is 1.58 bits per heavy atom. The van der Waals surface area contributed by atoms with Gasteiger partial charge in [-0.1, -0.05) is 18.2 Å². The number of rotatable bonds is 6. The maximum absolute atomic E-state index is 12.7. The van der Waals surface area contributed by atoms with Crippen LogP contribution in [0.25, 0.3) is 22.2 Å². The molecule has 0 bridgehead atoms. The lowest BCUT2D eigenvalue weighted by molar-refractivity contribution is -0.137. The molecule has 0 amide bonds. The first kappa shape index (κ1) is 22.8. The van der Waals surface area contributed by atoms with Crippen LogP contribution in [0.2, 0.25) is 0 Å². The third-order valence-corrected chi connectivity index (χ3v) is 6.88. The monoisotopic (exact) mass is 475 g/mol. The lowest BCUT2D eigenvalue weighted by Crippen LogP contribution is -2.22. The summed E-state index contributed by atoms with van der Waals surface area (Å²) in [7, 11) is -0.538. The maximum Gasteiger partial charge on any atom is 0.416 e. The molecule has 1 N–H and O–H groups in total. The summed E-state index contributed by atoms with van der Waals surface area (Å²) < 4.78 is 69.2. The number of hydrogen-bond acceptors (Lipinski definition) is 4. The number of hydrogen-bond donors (Lipinski definition) is 1. The minimum atomic E-state index is -4.39. The summed E-state index contributed by atoms with van der Waals surface area (Å²) >= 11 is 0. The number of H-pyrrole nitrogens is 1. The van der Waals surface area contributed by atoms with E-state index in [1.165, 1.54) is 26.2 Å². The number of aromatic amines is 1. The number of nitrogens with one attached hydrogen (secondary N) is 1. The molecule has 0 fully saturated rings. The highest BCUT2D eigenvalue weighted by molar-refractivity contribution is 7.89. The van der Waals surface area contributed by atoms with Gasteiger partial charge in [-0.05, 0) is 59.7 Å². The highest BCUT2D eigenvalue weighted by Gasteiger charge is 2.30. The first-order valence-corrected chi connectivity index (χ1v) is 11.3. The van der Waals surface area contributed by atoms with E-state index in [4.69, 9.17) is 4.74 Å². The topological polar surface area (TPSA) is 75.3 Å². The third-order valence-electron chi connectivity index (χ3n) is 5.05. The number of fused-ring (bicyclic) bond motifs is 1. The average molecular weight is 475 g/mol. The van der Waals surface area contributed by atoms with Crippen molar-refractivity contribution in [1.29, 1.82) is 0 Å². The van der Waals surface area contributed by atoms with Crippen molar-refractivity contribution in [2.24, 2.45) is 0 Å². The van der Waals surface area contributed by atoms with E-state index in [1.54, 1.807) is 24.3 Å². The van der Waals surface area contributed by atoms with Crippen molar-refractivity contribution in [1.82, 2.24) is 14.3 Å². The minimum absolute atomic E-state index is 0.0620. The zero-order valence-electron chi connectivity index (χ0n) is 17.7. The number of ether oxygens (including phenoxy) is 1. The van der Waals surface area contributed by atoms with E-state index >= 15 is 0 Å². The smallest absolute Gasteiger partial charge is 0.416 e. The normalized spacial score (nSPS) is 12.4. The number of benzene rings is 3. The molecule has 0 radical (unpaired) electrons. The molecule has 4 aromatic rings. The SMILES string of the molecule is CN(C)S(=O)(=O)c1ccc(-c2ccc3nc(COc4ccc(C(F)(F)F)cc4)[nH]c3c2)cc1. The van der Waals surface area contributed by atoms with Crippen LogP contribution < -0.4 is 4.74 Å². The third kappa shape index (κ3) is 4.86. The van der Waals surface area contributed by atoms with Gasteiger partial charge < -0.3 is 9.72 Å². The van der Waals surface area contributed by atoms with E-state index in [0.717, 1.165) is 33.1 Å². The van der Waals surface area contributed by atoms with Crippen molar-refractivity contribution in [3.63, 3.8) is 0 Å². The van der Waals surface area contributed by atoms with Crippen LogP contribution in [0.4, 0.5) is 13.2 Å². The largest absolute Gasteiger partial charge is 0.486 e. The molecule has 10 heteroatoms. The number of halogens is 3. The Morgan fingerprint density at radius 3 is 2.18 bits per heavy atom. The predicted molar refractivity (Wildman–Crippen MR) is 118 cm³/mol. The quantitative estimate of drug-likeness (QED) is 0.422. The standard InChI is InChI=1S/C23H20F3N3O3S/c1-29(2)33(30,31)19-10-3-15(4-11-19)16-5-12-20-21(13-16)28-22(27-20)14-32-18-8-6-17(7-9-18)23(24,25)26/h3-13H,14H2,1-2H3,(H,27,28). The van der Waals surface area contributed by atoms with Crippen molar-refractivity contribution < 1.29 is 26.3 Å². The molecule has 33 heavy (non-hydrogen) atoms. The van der Waals surface area contributed by atoms with E-state index in [-0.39, 0.29) is 11.5 Å². The summed E-state index contributed by atoms with van der Waals surface area (Å²) in [4.78, 5) is 7.79. The Morgan fingerprint density at radius 1 is 0.939 bits per heavy atom. The fourth-order valence-electron chi connectivity index (χ4n) is 3.23. The van der Waals surface area contributed by atoms with Crippen molar-refractivity contribution in [3.05, 3.63) is 78.1 Å². The molecule has 4 rings (SSSR count). The second kappa shape index (κ2) is 8.53. The molecular formula is C23H20F3N3O3S. The summed E-state index contributed by atoms with van der Waals surface area (Å²) in [6, 6.07) is 16.7. The fourth-order valence-corrected chi connectivity index (χ4v) is 4.13. The van der Waals surface area contributed by atoms with Crippen LogP contribution in [0.15, 0.2) is 71.6 Å². The summed E-state index contributed by atoms with van der Waals surface area (Å²) in [6.07, 6.45) is -4.39. The van der Waals surface area contributed by atoms with E-state index in [0.29, 0.717) is 17.1 Å². The van der Waals surface area contributed by atoms with Gasteiger partial charge in [0.25, 0.3) is 0 Å². The van der Waals surface area contributed by atoms with Crippen LogP contribution in [0.3, 0.4) is 0 Å². The van der Waals surface area contributed by atoms with Crippen LogP contribution in [0.5, 0.6) is 5.75 Å². The molecule has 0 unspecified atom stereocenters.